The van der Waals surface area contributed by atoms with Crippen molar-refractivity contribution in [2.24, 2.45) is 0 Å². The van der Waals surface area contributed by atoms with E-state index in [1.807, 2.05) is 24.3 Å². The third kappa shape index (κ3) is 0.905. The fraction of sp³-hybridized carbons (Fsp3) is 0. The Labute approximate surface area is 78.8 Å². The van der Waals surface area contributed by atoms with E-state index < -0.39 is 0 Å². The molecule has 2 aromatic heterocycles. The van der Waals surface area contributed by atoms with Crippen LogP contribution in [0.4, 0.5) is 0 Å². The van der Waals surface area contributed by atoms with E-state index in [1.54, 1.807) is 11.0 Å². The normalized spacial score (nSPS) is 10.9. The Morgan fingerprint density at radius 2 is 2.00 bits per heavy atom. The predicted octanol–water partition coefficient (Wildman–Crippen LogP) is 0.334. The summed E-state index contributed by atoms with van der Waals surface area (Å²) < 4.78 is 1.77. The van der Waals surface area contributed by atoms with E-state index in [0.29, 0.717) is 0 Å². The highest BCUT2D eigenvalue weighted by Crippen LogP contribution is 2.10. The van der Waals surface area contributed by atoms with Crippen molar-refractivity contribution in [2.75, 3.05) is 0 Å². The van der Waals surface area contributed by atoms with Crippen LogP contribution >= 0.6 is 0 Å². The average molecular weight is 186 g/mol. The zero-order valence-electron chi connectivity index (χ0n) is 7.15. The van der Waals surface area contributed by atoms with Gasteiger partial charge in [-0.3, -0.25) is 0 Å². The summed E-state index contributed by atoms with van der Waals surface area (Å²) in [5.74, 6) is 0. The van der Waals surface area contributed by atoms with Gasteiger partial charge in [0.15, 0.2) is 6.33 Å². The lowest BCUT2D eigenvalue weighted by atomic mass is 10.3. The number of benzene rings is 1. The molecule has 6 heteroatoms. The first-order chi connectivity index (χ1) is 6.95. The Balaban J connectivity index is 2.33. The van der Waals surface area contributed by atoms with Crippen LogP contribution in [0, 0.1) is 0 Å². The van der Waals surface area contributed by atoms with Crippen molar-refractivity contribution in [2.45, 2.75) is 0 Å². The molecule has 0 aliphatic rings. The second-order valence-electron chi connectivity index (χ2n) is 2.81. The maximum absolute atomic E-state index is 4.22. The minimum atomic E-state index is 0.919. The van der Waals surface area contributed by atoms with Gasteiger partial charge in [0.2, 0.25) is 0 Å². The van der Waals surface area contributed by atoms with Crippen LogP contribution in [0.2, 0.25) is 0 Å². The van der Waals surface area contributed by atoms with Crippen molar-refractivity contribution in [1.29, 1.82) is 0 Å². The first-order valence-corrected chi connectivity index (χ1v) is 4.11. The smallest absolute Gasteiger partial charge is 0.162 e. The Morgan fingerprint density at radius 1 is 1.07 bits per heavy atom. The molecule has 0 bridgehead atoms. The van der Waals surface area contributed by atoms with Gasteiger partial charge in [0.1, 0.15) is 6.33 Å². The standard InChI is InChI=1S/C8H6N6/c1-2-4-8-7(3-1)9-5-13(8)14-6-10-11-12-14/h1-6H. The lowest BCUT2D eigenvalue weighted by Gasteiger charge is -1.99. The summed E-state index contributed by atoms with van der Waals surface area (Å²) in [6.45, 7) is 0. The first-order valence-electron chi connectivity index (χ1n) is 4.11. The van der Waals surface area contributed by atoms with Gasteiger partial charge in [-0.2, -0.15) is 0 Å². The van der Waals surface area contributed by atoms with E-state index in [2.05, 4.69) is 20.5 Å². The van der Waals surface area contributed by atoms with Gasteiger partial charge in [0, 0.05) is 0 Å². The summed E-state index contributed by atoms with van der Waals surface area (Å²) in [6, 6.07) is 7.80. The van der Waals surface area contributed by atoms with Crippen molar-refractivity contribution in [3.63, 3.8) is 0 Å². The summed E-state index contributed by atoms with van der Waals surface area (Å²) >= 11 is 0. The SMILES string of the molecule is c1ccc2c(c1)ncn2-n1cnnn1. The highest BCUT2D eigenvalue weighted by molar-refractivity contribution is 5.74. The number of rotatable bonds is 1. The fourth-order valence-corrected chi connectivity index (χ4v) is 1.36. The number of hydrogen-bond donors (Lipinski definition) is 0. The van der Waals surface area contributed by atoms with E-state index in [9.17, 15) is 0 Å². The van der Waals surface area contributed by atoms with Crippen LogP contribution in [-0.4, -0.2) is 30.0 Å². The molecule has 0 saturated heterocycles. The number of para-hydroxylation sites is 2. The Bertz CT molecular complexity index is 552. The van der Waals surface area contributed by atoms with Crippen LogP contribution in [0.15, 0.2) is 36.9 Å². The molecule has 0 aliphatic heterocycles. The molecule has 0 radical (unpaired) electrons. The first kappa shape index (κ1) is 7.19. The van der Waals surface area contributed by atoms with E-state index >= 15 is 0 Å². The molecule has 0 aliphatic carbocycles. The second-order valence-corrected chi connectivity index (χ2v) is 2.81. The maximum atomic E-state index is 4.22. The van der Waals surface area contributed by atoms with E-state index in [4.69, 9.17) is 0 Å². The molecule has 0 atom stereocenters. The summed E-state index contributed by atoms with van der Waals surface area (Å²) in [6.07, 6.45) is 3.20. The number of imidazole rings is 1. The van der Waals surface area contributed by atoms with Crippen molar-refractivity contribution in [1.82, 2.24) is 30.0 Å². The van der Waals surface area contributed by atoms with Gasteiger partial charge in [-0.15, -0.1) is 9.89 Å². The molecule has 1 aromatic carbocycles. The van der Waals surface area contributed by atoms with Crippen molar-refractivity contribution in [3.8, 4) is 0 Å². The van der Waals surface area contributed by atoms with Gasteiger partial charge in [-0.1, -0.05) is 12.1 Å². The summed E-state index contributed by atoms with van der Waals surface area (Å²) in [5, 5.41) is 10.9. The van der Waals surface area contributed by atoms with Crippen LogP contribution < -0.4 is 0 Å². The number of fused-ring (bicyclic) bond motifs is 1. The number of tetrazole rings is 1. The molecule has 68 valence electrons. The molecule has 0 fully saturated rings. The predicted molar refractivity (Wildman–Crippen MR) is 48.3 cm³/mol. The average Bonchev–Trinajstić information content (AvgIpc) is 2.85. The molecule has 2 heterocycles. The molecule has 14 heavy (non-hydrogen) atoms. The lowest BCUT2D eigenvalue weighted by Crippen LogP contribution is -2.08. The molecule has 3 rings (SSSR count). The van der Waals surface area contributed by atoms with Crippen LogP contribution in [0.25, 0.3) is 11.0 Å². The van der Waals surface area contributed by atoms with Crippen molar-refractivity contribution < 1.29 is 0 Å². The molecule has 0 N–H and O–H groups in total. The number of aromatic nitrogens is 6. The summed E-state index contributed by atoms with van der Waals surface area (Å²) in [5.41, 5.74) is 1.89. The van der Waals surface area contributed by atoms with E-state index in [0.717, 1.165) is 11.0 Å². The zero-order valence-corrected chi connectivity index (χ0v) is 7.15. The Hall–Kier alpha value is -2.24. The molecule has 0 amide bonds. The molecule has 6 nitrogen and oxygen atoms in total. The van der Waals surface area contributed by atoms with Crippen LogP contribution in [0.1, 0.15) is 0 Å². The van der Waals surface area contributed by atoms with Gasteiger partial charge in [0.05, 0.1) is 11.0 Å². The molecular formula is C8H6N6. The Kier molecular flexibility index (Phi) is 1.35. The molecular weight excluding hydrogens is 180 g/mol. The minimum Gasteiger partial charge on any atom is -0.235 e. The molecule has 0 spiro atoms. The van der Waals surface area contributed by atoms with Crippen molar-refractivity contribution >= 4 is 11.0 Å². The quantitative estimate of drug-likeness (QED) is 0.549. The lowest BCUT2D eigenvalue weighted by molar-refractivity contribution is 0.565. The summed E-state index contributed by atoms with van der Waals surface area (Å²) in [4.78, 5) is 5.74. The van der Waals surface area contributed by atoms with E-state index in [-0.39, 0.29) is 0 Å². The molecule has 3 aromatic rings. The summed E-state index contributed by atoms with van der Waals surface area (Å²) in [7, 11) is 0. The third-order valence-electron chi connectivity index (χ3n) is 1.99. The van der Waals surface area contributed by atoms with Gasteiger partial charge in [0.25, 0.3) is 0 Å². The second kappa shape index (κ2) is 2.63. The maximum Gasteiger partial charge on any atom is 0.162 e. The third-order valence-corrected chi connectivity index (χ3v) is 1.99. The highest BCUT2D eigenvalue weighted by Gasteiger charge is 2.02. The van der Waals surface area contributed by atoms with Crippen LogP contribution in [-0.2, 0) is 0 Å². The molecule has 0 saturated carbocycles. The topological polar surface area (TPSA) is 61.4 Å². The zero-order chi connectivity index (χ0) is 9.38. The number of hydrogen-bond acceptors (Lipinski definition) is 4. The monoisotopic (exact) mass is 186 g/mol. The minimum absolute atomic E-state index is 0.919. The van der Waals surface area contributed by atoms with Gasteiger partial charge in [-0.25, -0.2) is 9.66 Å². The van der Waals surface area contributed by atoms with Gasteiger partial charge >= 0.3 is 0 Å². The largest absolute Gasteiger partial charge is 0.235 e. The van der Waals surface area contributed by atoms with Crippen LogP contribution in [0.3, 0.4) is 0 Å². The van der Waals surface area contributed by atoms with E-state index in [1.165, 1.54) is 11.1 Å². The molecule has 0 unspecified atom stereocenters. The Morgan fingerprint density at radius 3 is 2.86 bits per heavy atom. The number of nitrogens with zero attached hydrogens (tertiary/aromatic N) is 6. The fourth-order valence-electron chi connectivity index (χ4n) is 1.36. The van der Waals surface area contributed by atoms with Gasteiger partial charge in [-0.05, 0) is 22.6 Å². The van der Waals surface area contributed by atoms with Gasteiger partial charge < -0.3 is 0 Å². The highest BCUT2D eigenvalue weighted by atomic mass is 15.7. The van der Waals surface area contributed by atoms with Crippen LogP contribution in [0.5, 0.6) is 0 Å². The van der Waals surface area contributed by atoms with Crippen molar-refractivity contribution in [3.05, 3.63) is 36.9 Å².